The Morgan fingerprint density at radius 3 is 1.47 bits per heavy atom. The van der Waals surface area contributed by atoms with E-state index in [0.717, 1.165) is 0 Å². The van der Waals surface area contributed by atoms with Crippen molar-refractivity contribution >= 4 is 17.9 Å². The lowest BCUT2D eigenvalue weighted by Crippen LogP contribution is -2.48. The third-order valence-electron chi connectivity index (χ3n) is 5.21. The van der Waals surface area contributed by atoms with Crippen LogP contribution in [0.2, 0.25) is 0 Å². The lowest BCUT2D eigenvalue weighted by molar-refractivity contribution is -0.140. The fourth-order valence-corrected chi connectivity index (χ4v) is 3.53. The monoisotopic (exact) mass is 455 g/mol. The maximum absolute atomic E-state index is 14.1. The first-order chi connectivity index (χ1) is 15.2. The molecule has 178 valence electrons. The van der Waals surface area contributed by atoms with Gasteiger partial charge in [-0.15, -0.1) is 0 Å². The van der Waals surface area contributed by atoms with Gasteiger partial charge in [0.1, 0.15) is 5.82 Å². The molecule has 1 fully saturated rings. The lowest BCUT2D eigenvalue weighted by atomic mass is 10.2. The number of nitrogens with zero attached hydrogens (tertiary/aromatic N) is 5. The third-order valence-corrected chi connectivity index (χ3v) is 5.21. The first-order valence-electron chi connectivity index (χ1n) is 10.4. The molecular formula is C20H30FN5O6. The Morgan fingerprint density at radius 1 is 0.750 bits per heavy atom. The van der Waals surface area contributed by atoms with E-state index in [1.165, 1.54) is 18.3 Å². The largest absolute Gasteiger partial charge is 0.480 e. The summed E-state index contributed by atoms with van der Waals surface area (Å²) in [6, 6.07) is 2.82. The van der Waals surface area contributed by atoms with Crippen molar-refractivity contribution < 1.29 is 34.1 Å². The molecule has 1 aliphatic rings. The van der Waals surface area contributed by atoms with Crippen molar-refractivity contribution in [2.75, 3.05) is 72.0 Å². The third kappa shape index (κ3) is 9.64. The number of aliphatic carboxylic acids is 3. The standard InChI is InChI=1S/C20H30FN5O6/c21-16-2-1-3-22-17(16)12-23-4-6-24(13-18(27)28)8-10-26(15-20(31)32)11-9-25(7-5-23)14-19(29)30/h1-3H,4-15H2,(H,27,28)(H,29,30)(H,31,32). The maximum atomic E-state index is 14.1. The van der Waals surface area contributed by atoms with E-state index in [4.69, 9.17) is 0 Å². The van der Waals surface area contributed by atoms with Crippen molar-refractivity contribution in [3.8, 4) is 0 Å². The van der Waals surface area contributed by atoms with Crippen LogP contribution in [0.5, 0.6) is 0 Å². The topological polar surface area (TPSA) is 138 Å². The molecule has 1 aromatic rings. The number of pyridine rings is 1. The minimum atomic E-state index is -1.00. The first kappa shape index (κ1) is 25.6. The van der Waals surface area contributed by atoms with Crippen LogP contribution < -0.4 is 0 Å². The van der Waals surface area contributed by atoms with E-state index in [-0.39, 0.29) is 31.9 Å². The number of hydrogen-bond acceptors (Lipinski definition) is 8. The summed E-state index contributed by atoms with van der Waals surface area (Å²) in [6.45, 7) is 2.52. The number of hydrogen-bond donors (Lipinski definition) is 3. The molecule has 1 saturated heterocycles. The summed E-state index contributed by atoms with van der Waals surface area (Å²) in [6.07, 6.45) is 1.50. The van der Waals surface area contributed by atoms with E-state index < -0.39 is 23.7 Å². The van der Waals surface area contributed by atoms with Gasteiger partial charge in [0.15, 0.2) is 0 Å². The maximum Gasteiger partial charge on any atom is 0.317 e. The SMILES string of the molecule is O=C(O)CN1CCN(CC(=O)O)CCN(Cc2ncccc2F)CCN(CC(=O)O)CC1. The van der Waals surface area contributed by atoms with Crippen molar-refractivity contribution in [2.24, 2.45) is 0 Å². The number of carbonyl (C=O) groups is 3. The van der Waals surface area contributed by atoms with Gasteiger partial charge in [-0.05, 0) is 12.1 Å². The Balaban J connectivity index is 2.17. The summed E-state index contributed by atoms with van der Waals surface area (Å²) in [4.78, 5) is 44.9. The van der Waals surface area contributed by atoms with Crippen LogP contribution in [0.4, 0.5) is 4.39 Å². The number of carboxylic acid groups (broad SMARTS) is 3. The predicted molar refractivity (Wildman–Crippen MR) is 112 cm³/mol. The van der Waals surface area contributed by atoms with Crippen LogP contribution in [0.25, 0.3) is 0 Å². The minimum Gasteiger partial charge on any atom is -0.480 e. The molecule has 0 bridgehead atoms. The lowest BCUT2D eigenvalue weighted by Gasteiger charge is -2.33. The van der Waals surface area contributed by atoms with Gasteiger partial charge >= 0.3 is 17.9 Å². The van der Waals surface area contributed by atoms with Crippen molar-refractivity contribution in [3.05, 3.63) is 29.8 Å². The highest BCUT2D eigenvalue weighted by molar-refractivity contribution is 5.69. The molecule has 0 saturated carbocycles. The van der Waals surface area contributed by atoms with E-state index >= 15 is 0 Å². The number of aromatic nitrogens is 1. The van der Waals surface area contributed by atoms with Crippen molar-refractivity contribution in [1.29, 1.82) is 0 Å². The molecule has 3 N–H and O–H groups in total. The van der Waals surface area contributed by atoms with Gasteiger partial charge in [-0.25, -0.2) is 4.39 Å². The molecule has 1 aliphatic heterocycles. The average molecular weight is 455 g/mol. The van der Waals surface area contributed by atoms with Crippen LogP contribution in [-0.2, 0) is 20.9 Å². The molecular weight excluding hydrogens is 425 g/mol. The van der Waals surface area contributed by atoms with Crippen molar-refractivity contribution in [2.45, 2.75) is 6.54 Å². The molecule has 2 rings (SSSR count). The van der Waals surface area contributed by atoms with Gasteiger partial charge in [0, 0.05) is 65.1 Å². The highest BCUT2D eigenvalue weighted by Gasteiger charge is 2.20. The summed E-state index contributed by atoms with van der Waals surface area (Å²) < 4.78 is 14.1. The molecule has 0 unspecified atom stereocenters. The predicted octanol–water partition coefficient (Wildman–Crippen LogP) is -0.804. The first-order valence-corrected chi connectivity index (χ1v) is 10.4. The Labute approximate surface area is 185 Å². The quantitative estimate of drug-likeness (QED) is 0.454. The van der Waals surface area contributed by atoms with Crippen LogP contribution in [0.3, 0.4) is 0 Å². The highest BCUT2D eigenvalue weighted by Crippen LogP contribution is 2.08. The zero-order valence-corrected chi connectivity index (χ0v) is 17.9. The molecule has 0 spiro atoms. The van der Waals surface area contributed by atoms with Gasteiger partial charge in [-0.2, -0.15) is 0 Å². The van der Waals surface area contributed by atoms with Crippen LogP contribution in [-0.4, -0.2) is 130 Å². The van der Waals surface area contributed by atoms with Gasteiger partial charge in [-0.3, -0.25) is 39.0 Å². The van der Waals surface area contributed by atoms with Gasteiger partial charge in [0.2, 0.25) is 0 Å². The fraction of sp³-hybridized carbons (Fsp3) is 0.600. The van der Waals surface area contributed by atoms with Crippen molar-refractivity contribution in [3.63, 3.8) is 0 Å². The van der Waals surface area contributed by atoms with Crippen LogP contribution in [0.15, 0.2) is 18.3 Å². The molecule has 2 heterocycles. The van der Waals surface area contributed by atoms with Gasteiger partial charge < -0.3 is 15.3 Å². The number of rotatable bonds is 8. The van der Waals surface area contributed by atoms with Gasteiger partial charge in [0.05, 0.1) is 25.3 Å². The highest BCUT2D eigenvalue weighted by atomic mass is 19.1. The Kier molecular flexibility index (Phi) is 10.4. The zero-order chi connectivity index (χ0) is 23.5. The van der Waals surface area contributed by atoms with E-state index in [1.807, 2.05) is 4.90 Å². The zero-order valence-electron chi connectivity index (χ0n) is 17.9. The van der Waals surface area contributed by atoms with E-state index in [2.05, 4.69) is 4.98 Å². The van der Waals surface area contributed by atoms with E-state index in [0.29, 0.717) is 52.4 Å². The van der Waals surface area contributed by atoms with Crippen LogP contribution in [0.1, 0.15) is 5.69 Å². The second-order valence-corrected chi connectivity index (χ2v) is 7.72. The van der Waals surface area contributed by atoms with Gasteiger partial charge in [-0.1, -0.05) is 0 Å². The summed E-state index contributed by atoms with van der Waals surface area (Å²) in [5.74, 6) is -3.42. The summed E-state index contributed by atoms with van der Waals surface area (Å²) in [5, 5.41) is 27.6. The number of halogens is 1. The Morgan fingerprint density at radius 2 is 1.12 bits per heavy atom. The summed E-state index contributed by atoms with van der Waals surface area (Å²) >= 11 is 0. The average Bonchev–Trinajstić information content (AvgIpc) is 2.70. The second-order valence-electron chi connectivity index (χ2n) is 7.72. The van der Waals surface area contributed by atoms with Gasteiger partial charge in [0.25, 0.3) is 0 Å². The molecule has 32 heavy (non-hydrogen) atoms. The smallest absolute Gasteiger partial charge is 0.317 e. The Bertz CT molecular complexity index is 751. The molecule has 0 radical (unpaired) electrons. The molecule has 0 amide bonds. The number of carboxylic acids is 3. The minimum absolute atomic E-state index is 0.197. The molecule has 12 heteroatoms. The second kappa shape index (κ2) is 13.0. The summed E-state index contributed by atoms with van der Waals surface area (Å²) in [5.41, 5.74) is 0.266. The molecule has 0 atom stereocenters. The van der Waals surface area contributed by atoms with Crippen LogP contribution >= 0.6 is 0 Å². The normalized spacial score (nSPS) is 18.5. The molecule has 0 aromatic carbocycles. The van der Waals surface area contributed by atoms with Crippen LogP contribution in [0, 0.1) is 5.82 Å². The van der Waals surface area contributed by atoms with E-state index in [1.54, 1.807) is 14.7 Å². The molecule has 0 aliphatic carbocycles. The van der Waals surface area contributed by atoms with Crippen molar-refractivity contribution in [1.82, 2.24) is 24.6 Å². The summed E-state index contributed by atoms with van der Waals surface area (Å²) in [7, 11) is 0. The molecule has 11 nitrogen and oxygen atoms in total. The van der Waals surface area contributed by atoms with E-state index in [9.17, 15) is 34.1 Å². The molecule has 1 aromatic heterocycles. The fourth-order valence-electron chi connectivity index (χ4n) is 3.53. The Hall–Kier alpha value is -2.67.